The summed E-state index contributed by atoms with van der Waals surface area (Å²) in [5.74, 6) is -0.0173. The highest BCUT2D eigenvalue weighted by Gasteiger charge is 2.29. The third-order valence-electron chi connectivity index (χ3n) is 3.64. The Hall–Kier alpha value is -1.96. The van der Waals surface area contributed by atoms with Gasteiger partial charge in [-0.05, 0) is 31.9 Å². The SMILES string of the molecule is CCN(C[C@@H]1CCCO1)C(=O)Nc1ccccc1OCC(F)(F)F. The summed E-state index contributed by atoms with van der Waals surface area (Å²) in [7, 11) is 0. The van der Waals surface area contributed by atoms with Crippen molar-refractivity contribution in [2.24, 2.45) is 0 Å². The molecule has 134 valence electrons. The Labute approximate surface area is 138 Å². The number of nitrogens with zero attached hydrogens (tertiary/aromatic N) is 1. The molecule has 0 radical (unpaired) electrons. The summed E-state index contributed by atoms with van der Waals surface area (Å²) in [4.78, 5) is 13.9. The highest BCUT2D eigenvalue weighted by Crippen LogP contribution is 2.26. The number of carbonyl (C=O) groups is 1. The number of rotatable bonds is 6. The highest BCUT2D eigenvalue weighted by molar-refractivity contribution is 5.91. The van der Waals surface area contributed by atoms with Gasteiger partial charge in [0, 0.05) is 19.7 Å². The minimum atomic E-state index is -4.44. The van der Waals surface area contributed by atoms with E-state index in [-0.39, 0.29) is 17.5 Å². The number of halogens is 3. The van der Waals surface area contributed by atoms with E-state index in [4.69, 9.17) is 9.47 Å². The Bertz CT molecular complexity index is 546. The Morgan fingerprint density at radius 3 is 2.79 bits per heavy atom. The van der Waals surface area contributed by atoms with Crippen LogP contribution in [0.1, 0.15) is 19.8 Å². The lowest BCUT2D eigenvalue weighted by molar-refractivity contribution is -0.153. The quantitative estimate of drug-likeness (QED) is 0.855. The Morgan fingerprint density at radius 1 is 1.42 bits per heavy atom. The van der Waals surface area contributed by atoms with Crippen molar-refractivity contribution in [1.29, 1.82) is 0 Å². The fourth-order valence-electron chi connectivity index (χ4n) is 2.44. The molecule has 24 heavy (non-hydrogen) atoms. The van der Waals surface area contributed by atoms with Crippen LogP contribution in [-0.4, -0.2) is 49.5 Å². The molecule has 8 heteroatoms. The zero-order valence-electron chi connectivity index (χ0n) is 13.4. The van der Waals surface area contributed by atoms with E-state index in [9.17, 15) is 18.0 Å². The Balaban J connectivity index is 1.99. The van der Waals surface area contributed by atoms with Crippen LogP contribution in [0.25, 0.3) is 0 Å². The first kappa shape index (κ1) is 18.4. The molecular weight excluding hydrogens is 325 g/mol. The van der Waals surface area contributed by atoms with Crippen molar-refractivity contribution in [3.8, 4) is 5.75 Å². The topological polar surface area (TPSA) is 50.8 Å². The van der Waals surface area contributed by atoms with Gasteiger partial charge in [-0.3, -0.25) is 0 Å². The monoisotopic (exact) mass is 346 g/mol. The zero-order valence-corrected chi connectivity index (χ0v) is 13.4. The number of hydrogen-bond acceptors (Lipinski definition) is 3. The number of ether oxygens (including phenoxy) is 2. The van der Waals surface area contributed by atoms with Crippen LogP contribution in [0.4, 0.5) is 23.7 Å². The van der Waals surface area contributed by atoms with E-state index in [0.717, 1.165) is 12.8 Å². The van der Waals surface area contributed by atoms with E-state index in [1.54, 1.807) is 17.0 Å². The molecule has 0 aromatic heterocycles. The normalized spacial score (nSPS) is 17.6. The van der Waals surface area contributed by atoms with Gasteiger partial charge in [-0.25, -0.2) is 4.79 Å². The number of para-hydroxylation sites is 2. The van der Waals surface area contributed by atoms with Crippen LogP contribution in [0.2, 0.25) is 0 Å². The maximum absolute atomic E-state index is 12.4. The first-order chi connectivity index (χ1) is 11.4. The molecule has 1 saturated heterocycles. The molecule has 0 bridgehead atoms. The molecule has 1 aliphatic rings. The lowest BCUT2D eigenvalue weighted by Crippen LogP contribution is -2.40. The number of urea groups is 1. The number of carbonyl (C=O) groups excluding carboxylic acids is 1. The maximum Gasteiger partial charge on any atom is 0.422 e. The number of benzene rings is 1. The van der Waals surface area contributed by atoms with Gasteiger partial charge in [0.15, 0.2) is 6.61 Å². The molecule has 2 amide bonds. The lowest BCUT2D eigenvalue weighted by atomic mass is 10.2. The predicted molar refractivity (Wildman–Crippen MR) is 83.2 cm³/mol. The zero-order chi connectivity index (χ0) is 17.6. The first-order valence-corrected chi connectivity index (χ1v) is 7.85. The van der Waals surface area contributed by atoms with Gasteiger partial charge in [-0.2, -0.15) is 13.2 Å². The average molecular weight is 346 g/mol. The summed E-state index contributed by atoms with van der Waals surface area (Å²) >= 11 is 0. The maximum atomic E-state index is 12.4. The Kier molecular flexibility index (Phi) is 6.30. The van der Waals surface area contributed by atoms with Crippen molar-refractivity contribution in [2.75, 3.05) is 31.6 Å². The van der Waals surface area contributed by atoms with Crippen molar-refractivity contribution in [1.82, 2.24) is 4.90 Å². The molecule has 2 rings (SSSR count). The molecule has 0 spiro atoms. The molecule has 1 atom stereocenters. The third kappa shape index (κ3) is 5.59. The van der Waals surface area contributed by atoms with E-state index in [1.807, 2.05) is 6.92 Å². The molecule has 5 nitrogen and oxygen atoms in total. The van der Waals surface area contributed by atoms with Gasteiger partial charge in [-0.15, -0.1) is 0 Å². The second kappa shape index (κ2) is 8.23. The van der Waals surface area contributed by atoms with Crippen LogP contribution in [0.3, 0.4) is 0 Å². The van der Waals surface area contributed by atoms with Gasteiger partial charge in [0.2, 0.25) is 0 Å². The van der Waals surface area contributed by atoms with Crippen LogP contribution in [-0.2, 0) is 4.74 Å². The number of hydrogen-bond donors (Lipinski definition) is 1. The highest BCUT2D eigenvalue weighted by atomic mass is 19.4. The van der Waals surface area contributed by atoms with E-state index < -0.39 is 18.8 Å². The second-order valence-corrected chi connectivity index (χ2v) is 5.50. The van der Waals surface area contributed by atoms with Crippen molar-refractivity contribution in [3.05, 3.63) is 24.3 Å². The molecule has 1 aliphatic heterocycles. The molecule has 0 saturated carbocycles. The van der Waals surface area contributed by atoms with E-state index in [2.05, 4.69) is 5.32 Å². The van der Waals surface area contributed by atoms with Crippen LogP contribution in [0.5, 0.6) is 5.75 Å². The van der Waals surface area contributed by atoms with Crippen molar-refractivity contribution < 1.29 is 27.4 Å². The Morgan fingerprint density at radius 2 is 2.17 bits per heavy atom. The van der Waals surface area contributed by atoms with Crippen LogP contribution in [0.15, 0.2) is 24.3 Å². The molecule has 1 aromatic carbocycles. The van der Waals surface area contributed by atoms with Crippen molar-refractivity contribution in [2.45, 2.75) is 32.0 Å². The minimum absolute atomic E-state index is 0.00687. The van der Waals surface area contributed by atoms with Gasteiger partial charge >= 0.3 is 12.2 Å². The number of anilines is 1. The smallest absolute Gasteiger partial charge is 0.422 e. The van der Waals surface area contributed by atoms with Crippen LogP contribution < -0.4 is 10.1 Å². The first-order valence-electron chi connectivity index (χ1n) is 7.85. The molecular formula is C16H21F3N2O3. The molecule has 0 unspecified atom stereocenters. The summed E-state index contributed by atoms with van der Waals surface area (Å²) in [5.41, 5.74) is 0.206. The van der Waals surface area contributed by atoms with Crippen molar-refractivity contribution in [3.63, 3.8) is 0 Å². The predicted octanol–water partition coefficient (Wildman–Crippen LogP) is 3.66. The summed E-state index contributed by atoms with van der Waals surface area (Å²) in [6.45, 7) is 2.04. The molecule has 1 N–H and O–H groups in total. The van der Waals surface area contributed by atoms with Crippen LogP contribution in [0, 0.1) is 0 Å². The standard InChI is InChI=1S/C16H21F3N2O3/c1-2-21(10-12-6-5-9-23-12)15(22)20-13-7-3-4-8-14(13)24-11-16(17,18)19/h3-4,7-8,12H,2,5-6,9-11H2,1H3,(H,20,22)/t12-/m0/s1. The number of alkyl halides is 3. The second-order valence-electron chi connectivity index (χ2n) is 5.50. The molecule has 1 heterocycles. The summed E-state index contributed by atoms with van der Waals surface area (Å²) in [6, 6.07) is 5.66. The summed E-state index contributed by atoms with van der Waals surface area (Å²) in [5, 5.41) is 2.61. The van der Waals surface area contributed by atoms with Gasteiger partial charge < -0.3 is 19.7 Å². The van der Waals surface area contributed by atoms with Gasteiger partial charge in [0.05, 0.1) is 11.8 Å². The van der Waals surface area contributed by atoms with E-state index >= 15 is 0 Å². The fraction of sp³-hybridized carbons (Fsp3) is 0.562. The van der Waals surface area contributed by atoms with Gasteiger partial charge in [-0.1, -0.05) is 12.1 Å². The fourth-order valence-corrected chi connectivity index (χ4v) is 2.44. The third-order valence-corrected chi connectivity index (χ3v) is 3.64. The van der Waals surface area contributed by atoms with Gasteiger partial charge in [0.25, 0.3) is 0 Å². The van der Waals surface area contributed by atoms with Crippen molar-refractivity contribution >= 4 is 11.7 Å². The number of likely N-dealkylation sites (N-methyl/N-ethyl adjacent to an activating group) is 1. The number of amides is 2. The largest absolute Gasteiger partial charge is 0.482 e. The average Bonchev–Trinajstić information content (AvgIpc) is 3.04. The van der Waals surface area contributed by atoms with E-state index in [1.165, 1.54) is 12.1 Å². The number of nitrogens with one attached hydrogen (secondary N) is 1. The summed E-state index contributed by atoms with van der Waals surface area (Å²) in [6.07, 6.45) is -2.56. The van der Waals surface area contributed by atoms with Gasteiger partial charge in [0.1, 0.15) is 5.75 Å². The minimum Gasteiger partial charge on any atom is -0.482 e. The molecule has 0 aliphatic carbocycles. The molecule has 1 fully saturated rings. The van der Waals surface area contributed by atoms with Crippen LogP contribution >= 0.6 is 0 Å². The van der Waals surface area contributed by atoms with E-state index in [0.29, 0.717) is 19.7 Å². The lowest BCUT2D eigenvalue weighted by Gasteiger charge is -2.24. The molecule has 1 aromatic rings. The summed E-state index contributed by atoms with van der Waals surface area (Å²) < 4.78 is 47.2.